The number of nitrogens with zero attached hydrogens (tertiary/aromatic N) is 1. The number of amides is 1. The maximum Gasteiger partial charge on any atom is 0.349 e. The molecule has 130 valence electrons. The molecule has 0 fully saturated rings. The number of carbonyl (C=O) groups excluding carboxylic acids is 2. The first-order chi connectivity index (χ1) is 12.5. The van der Waals surface area contributed by atoms with Crippen LogP contribution in [-0.2, 0) is 9.53 Å². The molecule has 0 spiro atoms. The first kappa shape index (κ1) is 17.6. The molecule has 3 rings (SSSR count). The lowest BCUT2D eigenvalue weighted by Gasteiger charge is -2.13. The first-order valence-corrected chi connectivity index (χ1v) is 8.49. The van der Waals surface area contributed by atoms with Gasteiger partial charge in [-0.05, 0) is 43.3 Å². The minimum absolute atomic E-state index is 0.219. The van der Waals surface area contributed by atoms with Crippen molar-refractivity contribution in [3.63, 3.8) is 0 Å². The molecule has 7 heteroatoms. The number of nitriles is 1. The van der Waals surface area contributed by atoms with Crippen molar-refractivity contribution in [2.75, 3.05) is 5.32 Å². The van der Waals surface area contributed by atoms with Gasteiger partial charge in [0.15, 0.2) is 6.10 Å². The van der Waals surface area contributed by atoms with Gasteiger partial charge in [-0.2, -0.15) is 5.26 Å². The second-order valence-electron chi connectivity index (χ2n) is 5.49. The van der Waals surface area contributed by atoms with Crippen molar-refractivity contribution in [1.82, 2.24) is 0 Å². The third-order valence-electron chi connectivity index (χ3n) is 3.62. The van der Waals surface area contributed by atoms with Crippen LogP contribution in [0.2, 0.25) is 0 Å². The lowest BCUT2D eigenvalue weighted by atomic mass is 10.2. The molecule has 1 N–H and O–H groups in total. The third kappa shape index (κ3) is 3.71. The van der Waals surface area contributed by atoms with E-state index in [1.807, 2.05) is 6.07 Å². The van der Waals surface area contributed by atoms with Gasteiger partial charge in [-0.3, -0.25) is 4.79 Å². The molecule has 26 heavy (non-hydrogen) atoms. The highest BCUT2D eigenvalue weighted by Crippen LogP contribution is 2.28. The van der Waals surface area contributed by atoms with Crippen LogP contribution in [0.15, 0.2) is 48.5 Å². The summed E-state index contributed by atoms with van der Waals surface area (Å²) in [5, 5.41) is 11.8. The van der Waals surface area contributed by atoms with Crippen molar-refractivity contribution in [3.05, 3.63) is 64.8 Å². The van der Waals surface area contributed by atoms with Gasteiger partial charge in [0, 0.05) is 15.8 Å². The van der Waals surface area contributed by atoms with E-state index in [0.29, 0.717) is 21.3 Å². The topological polar surface area (TPSA) is 79.2 Å². The van der Waals surface area contributed by atoms with E-state index in [-0.39, 0.29) is 4.88 Å². The first-order valence-electron chi connectivity index (χ1n) is 7.68. The Morgan fingerprint density at radius 1 is 1.23 bits per heavy atom. The number of halogens is 1. The number of hydrogen-bond acceptors (Lipinski definition) is 5. The fourth-order valence-electron chi connectivity index (χ4n) is 2.31. The zero-order chi connectivity index (χ0) is 18.7. The Bertz CT molecular complexity index is 1040. The number of anilines is 1. The fourth-order valence-corrected chi connectivity index (χ4v) is 3.27. The van der Waals surface area contributed by atoms with E-state index in [1.54, 1.807) is 30.3 Å². The Balaban J connectivity index is 1.68. The summed E-state index contributed by atoms with van der Waals surface area (Å²) in [5.74, 6) is -1.64. The molecule has 1 aromatic heterocycles. The molecule has 0 aliphatic carbocycles. The van der Waals surface area contributed by atoms with Crippen LogP contribution in [0.1, 0.15) is 22.2 Å². The summed E-state index contributed by atoms with van der Waals surface area (Å²) in [7, 11) is 0. The Morgan fingerprint density at radius 3 is 2.73 bits per heavy atom. The quantitative estimate of drug-likeness (QED) is 0.703. The van der Waals surface area contributed by atoms with Crippen LogP contribution >= 0.6 is 11.3 Å². The van der Waals surface area contributed by atoms with Crippen LogP contribution in [0.3, 0.4) is 0 Å². The minimum Gasteiger partial charge on any atom is -0.448 e. The average Bonchev–Trinajstić information content (AvgIpc) is 3.07. The molecule has 0 aliphatic heterocycles. The number of esters is 1. The Labute approximate surface area is 152 Å². The smallest absolute Gasteiger partial charge is 0.349 e. The largest absolute Gasteiger partial charge is 0.448 e. The molecule has 0 unspecified atom stereocenters. The summed E-state index contributed by atoms with van der Waals surface area (Å²) in [6, 6.07) is 14.4. The molecule has 1 heterocycles. The summed E-state index contributed by atoms with van der Waals surface area (Å²) in [6.45, 7) is 1.44. The second kappa shape index (κ2) is 7.33. The summed E-state index contributed by atoms with van der Waals surface area (Å²) in [5.41, 5.74) is 0.834. The van der Waals surface area contributed by atoms with Crippen LogP contribution in [0.25, 0.3) is 10.1 Å². The Kier molecular flexibility index (Phi) is 4.96. The molecule has 0 aliphatic rings. The van der Waals surface area contributed by atoms with Crippen molar-refractivity contribution >= 4 is 39.0 Å². The van der Waals surface area contributed by atoms with Gasteiger partial charge in [0.1, 0.15) is 10.7 Å². The van der Waals surface area contributed by atoms with Crippen molar-refractivity contribution in [3.8, 4) is 6.07 Å². The average molecular weight is 368 g/mol. The third-order valence-corrected chi connectivity index (χ3v) is 4.70. The van der Waals surface area contributed by atoms with E-state index < -0.39 is 23.8 Å². The molecule has 0 saturated carbocycles. The predicted molar refractivity (Wildman–Crippen MR) is 96.4 cm³/mol. The summed E-state index contributed by atoms with van der Waals surface area (Å²) >= 11 is 1.10. The van der Waals surface area contributed by atoms with Crippen LogP contribution in [0.4, 0.5) is 10.1 Å². The van der Waals surface area contributed by atoms with E-state index in [1.165, 1.54) is 25.1 Å². The van der Waals surface area contributed by atoms with E-state index in [4.69, 9.17) is 10.00 Å². The number of rotatable bonds is 4. The highest BCUT2D eigenvalue weighted by atomic mass is 32.1. The fraction of sp³-hybridized carbons (Fsp3) is 0.105. The predicted octanol–water partition coefficient (Wildman–Crippen LogP) is 4.10. The van der Waals surface area contributed by atoms with E-state index in [2.05, 4.69) is 5.32 Å². The van der Waals surface area contributed by atoms with Crippen molar-refractivity contribution < 1.29 is 18.7 Å². The van der Waals surface area contributed by atoms with Crippen LogP contribution in [0.5, 0.6) is 0 Å². The van der Waals surface area contributed by atoms with Crippen molar-refractivity contribution in [1.29, 1.82) is 5.26 Å². The van der Waals surface area contributed by atoms with Crippen molar-refractivity contribution in [2.45, 2.75) is 13.0 Å². The molecule has 0 radical (unpaired) electrons. The molecule has 0 bridgehead atoms. The SMILES string of the molecule is C[C@H](OC(=O)c1cc2c(F)cccc2s1)C(=O)Nc1cccc(C#N)c1. The molecule has 1 atom stereocenters. The van der Waals surface area contributed by atoms with E-state index in [9.17, 15) is 14.0 Å². The van der Waals surface area contributed by atoms with Gasteiger partial charge in [-0.15, -0.1) is 11.3 Å². The summed E-state index contributed by atoms with van der Waals surface area (Å²) in [6.07, 6.45) is -1.05. The van der Waals surface area contributed by atoms with Gasteiger partial charge in [-0.25, -0.2) is 9.18 Å². The zero-order valence-electron chi connectivity index (χ0n) is 13.7. The van der Waals surface area contributed by atoms with Gasteiger partial charge < -0.3 is 10.1 Å². The van der Waals surface area contributed by atoms with Gasteiger partial charge in [0.25, 0.3) is 5.91 Å². The molecule has 3 aromatic rings. The van der Waals surface area contributed by atoms with Gasteiger partial charge in [-0.1, -0.05) is 12.1 Å². The number of nitrogens with one attached hydrogen (secondary N) is 1. The standard InChI is InChI=1S/C19H13FN2O3S/c1-11(18(23)22-13-5-2-4-12(8-13)10-21)25-19(24)17-9-14-15(20)6-3-7-16(14)26-17/h2-9,11H,1H3,(H,22,23)/t11-/m0/s1. The maximum atomic E-state index is 13.7. The van der Waals surface area contributed by atoms with Crippen molar-refractivity contribution in [2.24, 2.45) is 0 Å². The number of benzene rings is 2. The molecule has 2 aromatic carbocycles. The molecular formula is C19H13FN2O3S. The number of hydrogen-bond donors (Lipinski definition) is 1. The van der Waals surface area contributed by atoms with E-state index >= 15 is 0 Å². The molecular weight excluding hydrogens is 355 g/mol. The van der Waals surface area contributed by atoms with Gasteiger partial charge in [0.05, 0.1) is 11.6 Å². The molecule has 5 nitrogen and oxygen atoms in total. The molecule has 0 saturated heterocycles. The second-order valence-corrected chi connectivity index (χ2v) is 6.58. The lowest BCUT2D eigenvalue weighted by molar-refractivity contribution is -0.123. The zero-order valence-corrected chi connectivity index (χ0v) is 14.5. The highest BCUT2D eigenvalue weighted by Gasteiger charge is 2.21. The number of ether oxygens (including phenoxy) is 1. The number of thiophene rings is 1. The lowest BCUT2D eigenvalue weighted by Crippen LogP contribution is -2.29. The van der Waals surface area contributed by atoms with E-state index in [0.717, 1.165) is 11.3 Å². The monoisotopic (exact) mass is 368 g/mol. The van der Waals surface area contributed by atoms with Gasteiger partial charge in [0.2, 0.25) is 0 Å². The molecule has 1 amide bonds. The van der Waals surface area contributed by atoms with Gasteiger partial charge >= 0.3 is 5.97 Å². The summed E-state index contributed by atoms with van der Waals surface area (Å²) < 4.78 is 19.5. The number of carbonyl (C=O) groups is 2. The summed E-state index contributed by atoms with van der Waals surface area (Å²) in [4.78, 5) is 24.6. The van der Waals surface area contributed by atoms with Crippen LogP contribution < -0.4 is 5.32 Å². The highest BCUT2D eigenvalue weighted by molar-refractivity contribution is 7.20. The minimum atomic E-state index is -1.05. The Morgan fingerprint density at radius 2 is 2.00 bits per heavy atom. The number of fused-ring (bicyclic) bond motifs is 1. The Hall–Kier alpha value is -3.24. The van der Waals surface area contributed by atoms with Crippen LogP contribution in [-0.4, -0.2) is 18.0 Å². The maximum absolute atomic E-state index is 13.7. The normalized spacial score (nSPS) is 11.6. The van der Waals surface area contributed by atoms with Crippen LogP contribution in [0, 0.1) is 17.1 Å².